The maximum Gasteiger partial charge on any atom is 0.327 e. The smallest absolute Gasteiger partial charge is 0.327 e. The second-order valence-corrected chi connectivity index (χ2v) is 25.2. The van der Waals surface area contributed by atoms with Gasteiger partial charge in [0.05, 0.1) is 37.8 Å². The molecule has 0 aliphatic rings. The topological polar surface area (TPSA) is 572 Å². The number of thiol groups is 2. The average molecular weight is 1360 g/mol. The molecule has 14 atom stereocenters. The van der Waals surface area contributed by atoms with E-state index in [4.69, 9.17) is 22.9 Å². The van der Waals surface area contributed by atoms with Crippen LogP contribution in [0, 0.1) is 17.8 Å². The quantitative estimate of drug-likeness (QED) is 0.0125. The van der Waals surface area contributed by atoms with Crippen LogP contribution in [0.2, 0.25) is 0 Å². The largest absolute Gasteiger partial charge is 0.508 e. The highest BCUT2D eigenvalue weighted by atomic mass is 32.1. The normalized spacial score (nSPS) is 15.9. The molecule has 36 heteroatoms. The van der Waals surface area contributed by atoms with Crippen molar-refractivity contribution in [2.75, 3.05) is 25.4 Å². The van der Waals surface area contributed by atoms with E-state index in [1.807, 2.05) is 0 Å². The van der Waals surface area contributed by atoms with Gasteiger partial charge >= 0.3 is 5.97 Å². The van der Waals surface area contributed by atoms with Crippen molar-refractivity contribution in [1.82, 2.24) is 58.5 Å². The Hall–Kier alpha value is -8.06. The molecule has 34 nitrogen and oxygen atoms in total. The van der Waals surface area contributed by atoms with E-state index in [2.05, 4.69) is 88.7 Å². The van der Waals surface area contributed by atoms with Crippen LogP contribution in [-0.4, -0.2) is 217 Å². The summed E-state index contributed by atoms with van der Waals surface area (Å²) >= 11 is 8.31. The highest BCUT2D eigenvalue weighted by molar-refractivity contribution is 7.81. The predicted octanol–water partition coefficient (Wildman–Crippen LogP) is -6.62. The first-order valence-corrected chi connectivity index (χ1v) is 31.0. The average Bonchev–Trinajstić information content (AvgIpc) is 1.02. The molecule has 1 rings (SSSR count). The third kappa shape index (κ3) is 29.6. The van der Waals surface area contributed by atoms with Crippen LogP contribution < -0.4 is 81.4 Å². The zero-order valence-electron chi connectivity index (χ0n) is 53.8. The SMILES string of the molecule is CC[C@H](C)[C@H](NC(=O)[C@H](CCCN=C(N)N)NC(=O)[C@@H](NC(=O)CNC(=O)[C@H](CC(N)=O)NC(=O)[C@@H](NC(=O)[C@H](CO)NC(=O)[C@H](Cc1ccc(O)cc1)NC(=O)[C@@H](NC(=O)[C@@H](N)C(C)(C)S)C(C)C)[C@@H](C)O)[C@@H](C)O)C(=O)N[C@@H](CC(C)C)C(=O)N[C@@H](CS)C(=O)O. The van der Waals surface area contributed by atoms with E-state index < -0.39 is 192 Å². The number of amides is 12. The highest BCUT2D eigenvalue weighted by Crippen LogP contribution is 2.18. The third-order valence-corrected chi connectivity index (χ3v) is 14.9. The summed E-state index contributed by atoms with van der Waals surface area (Å²) in [4.78, 5) is 178. The van der Waals surface area contributed by atoms with Crippen LogP contribution in [0.25, 0.3) is 0 Å². The minimum atomic E-state index is -2.01. The molecule has 12 amide bonds. The van der Waals surface area contributed by atoms with Crippen LogP contribution in [0.4, 0.5) is 0 Å². The van der Waals surface area contributed by atoms with Crippen molar-refractivity contribution in [3.8, 4) is 5.75 Å². The summed E-state index contributed by atoms with van der Waals surface area (Å²) in [5, 5.41) is 77.1. The van der Waals surface area contributed by atoms with Crippen LogP contribution in [0.15, 0.2) is 29.3 Å². The summed E-state index contributed by atoms with van der Waals surface area (Å²) in [5.74, 6) is -16.1. The van der Waals surface area contributed by atoms with Gasteiger partial charge in [0.1, 0.15) is 66.2 Å². The molecule has 24 N–H and O–H groups in total. The van der Waals surface area contributed by atoms with Gasteiger partial charge in [-0.1, -0.05) is 60.1 Å². The molecule has 0 heterocycles. The van der Waals surface area contributed by atoms with Crippen molar-refractivity contribution in [1.29, 1.82) is 0 Å². The van der Waals surface area contributed by atoms with Gasteiger partial charge in [-0.3, -0.25) is 62.5 Å². The number of phenolic OH excluding ortho intramolecular Hbond substituents is 1. The number of carbonyl (C=O) groups excluding carboxylic acids is 12. The van der Waals surface area contributed by atoms with Crippen molar-refractivity contribution in [2.45, 2.75) is 191 Å². The number of nitrogens with one attached hydrogen (secondary N) is 11. The molecular weight excluding hydrogens is 1260 g/mol. The van der Waals surface area contributed by atoms with Crippen LogP contribution >= 0.6 is 25.3 Å². The fraction of sp³-hybridized carbons (Fsp3) is 0.649. The molecule has 0 unspecified atom stereocenters. The standard InChI is InChI=1S/C57H96N16O18S2/c1-11-27(6)41(51(86)65-33(19-25(2)3)47(82)69-37(24-92)55(90)91)72-46(81)32(13-12-18-62-56(60)61)64-52(87)42(28(7)75)70-39(79)22-63-45(80)35(21-38(58)78)67-53(88)43(29(8)76)73-49(84)36(23-74)68-48(83)34(20-30-14-16-31(77)17-15-30)66-50(85)40(26(4)5)71-54(89)44(59)57(9,10)93/h14-17,25-29,32-37,40-44,74-77,92-93H,11-13,18-24,59H2,1-10H3,(H2,58,78)(H,63,80)(H,64,87)(H,65,86)(H,66,85)(H,67,88)(H,68,83)(H,69,82)(H,70,79)(H,71,89)(H,72,81)(H,73,84)(H,90,91)(H4,60,61,62)/t27-,28+,29+,32-,33-,34-,35-,36-,37-,40-,41-,42-,43-,44+/m0/s1. The van der Waals surface area contributed by atoms with E-state index in [1.54, 1.807) is 55.4 Å². The van der Waals surface area contributed by atoms with Gasteiger partial charge in [0.2, 0.25) is 70.9 Å². The number of nitrogens with zero attached hydrogens (tertiary/aromatic N) is 1. The molecule has 0 aromatic heterocycles. The van der Waals surface area contributed by atoms with Crippen molar-refractivity contribution in [2.24, 2.45) is 45.7 Å². The number of aliphatic carboxylic acids is 1. The van der Waals surface area contributed by atoms with Crippen LogP contribution in [0.5, 0.6) is 5.75 Å². The summed E-state index contributed by atoms with van der Waals surface area (Å²) in [6, 6.07) is -11.7. The van der Waals surface area contributed by atoms with E-state index in [0.717, 1.165) is 13.8 Å². The lowest BCUT2D eigenvalue weighted by Gasteiger charge is -2.30. The molecule has 0 radical (unpaired) electrons. The Balaban J connectivity index is 3.40. The number of nitrogens with two attached hydrogens (primary N) is 4. The number of benzene rings is 1. The van der Waals surface area contributed by atoms with E-state index in [0.29, 0.717) is 12.0 Å². The Kier molecular flexibility index (Phi) is 35.8. The van der Waals surface area contributed by atoms with E-state index >= 15 is 0 Å². The zero-order valence-corrected chi connectivity index (χ0v) is 55.6. The Morgan fingerprint density at radius 2 is 1.03 bits per heavy atom. The fourth-order valence-corrected chi connectivity index (χ4v) is 8.93. The summed E-state index contributed by atoms with van der Waals surface area (Å²) in [7, 11) is 0. The minimum absolute atomic E-state index is 0.0410. The van der Waals surface area contributed by atoms with Crippen molar-refractivity contribution in [3.05, 3.63) is 29.8 Å². The molecule has 0 spiro atoms. The van der Waals surface area contributed by atoms with Crippen molar-refractivity contribution in [3.63, 3.8) is 0 Å². The first-order valence-electron chi connectivity index (χ1n) is 29.9. The molecule has 0 fully saturated rings. The molecule has 1 aromatic carbocycles. The van der Waals surface area contributed by atoms with Gasteiger partial charge in [-0.2, -0.15) is 25.3 Å². The number of carboxylic acids is 1. The van der Waals surface area contributed by atoms with E-state index in [9.17, 15) is 87.9 Å². The number of rotatable bonds is 41. The molecule has 0 aliphatic carbocycles. The van der Waals surface area contributed by atoms with Gasteiger partial charge in [-0.05, 0) is 82.4 Å². The van der Waals surface area contributed by atoms with Gasteiger partial charge in [0, 0.05) is 23.5 Å². The van der Waals surface area contributed by atoms with Crippen LogP contribution in [0.1, 0.15) is 107 Å². The second kappa shape index (κ2) is 40.1. The van der Waals surface area contributed by atoms with Crippen LogP contribution in [-0.2, 0) is 68.7 Å². The molecule has 0 saturated heterocycles. The van der Waals surface area contributed by atoms with Crippen molar-refractivity contribution < 1.29 is 87.9 Å². The molecule has 0 bridgehead atoms. The number of aromatic hydroxyl groups is 1. The van der Waals surface area contributed by atoms with Gasteiger partial charge < -0.3 is 107 Å². The maximum absolute atomic E-state index is 14.1. The summed E-state index contributed by atoms with van der Waals surface area (Å²) in [6.07, 6.45) is -4.55. The maximum atomic E-state index is 14.1. The van der Waals surface area contributed by atoms with Gasteiger partial charge in [0.15, 0.2) is 5.96 Å². The van der Waals surface area contributed by atoms with E-state index in [-0.39, 0.29) is 55.6 Å². The number of carbonyl (C=O) groups is 13. The lowest BCUT2D eigenvalue weighted by atomic mass is 9.96. The molecular formula is C57H96N16O18S2. The number of primary amides is 1. The minimum Gasteiger partial charge on any atom is -0.508 e. The summed E-state index contributed by atoms with van der Waals surface area (Å²) < 4.78 is -1.01. The first kappa shape index (κ1) is 83.0. The number of phenols is 1. The Labute approximate surface area is 550 Å². The predicted molar refractivity (Wildman–Crippen MR) is 345 cm³/mol. The Bertz CT molecular complexity index is 2770. The fourth-order valence-electron chi connectivity index (χ4n) is 8.57. The highest BCUT2D eigenvalue weighted by Gasteiger charge is 2.39. The van der Waals surface area contributed by atoms with Crippen LogP contribution in [0.3, 0.4) is 0 Å². The number of guanidine groups is 1. The number of aliphatic imine (C=N–C) groups is 1. The number of aliphatic hydroxyl groups excluding tert-OH is 3. The summed E-state index contributed by atoms with van der Waals surface area (Å²) in [5.41, 5.74) is 22.8. The van der Waals surface area contributed by atoms with Gasteiger partial charge in [0.25, 0.3) is 0 Å². The monoisotopic (exact) mass is 1360 g/mol. The molecule has 93 heavy (non-hydrogen) atoms. The Morgan fingerprint density at radius 1 is 0.581 bits per heavy atom. The number of hydrogen-bond acceptors (Lipinski definition) is 21. The van der Waals surface area contributed by atoms with Gasteiger partial charge in [-0.15, -0.1) is 0 Å². The lowest BCUT2D eigenvalue weighted by Crippen LogP contribution is -2.63. The number of carboxylic acid groups (broad SMARTS) is 1. The molecule has 524 valence electrons. The lowest BCUT2D eigenvalue weighted by molar-refractivity contribution is -0.141. The molecule has 0 aliphatic heterocycles. The molecule has 1 aromatic rings. The van der Waals surface area contributed by atoms with Gasteiger partial charge in [-0.25, -0.2) is 4.79 Å². The summed E-state index contributed by atoms with van der Waals surface area (Å²) in [6.45, 7) is 13.1. The number of aliphatic hydroxyl groups is 3. The first-order chi connectivity index (χ1) is 43.2. The second-order valence-electron chi connectivity index (χ2n) is 23.7. The van der Waals surface area contributed by atoms with E-state index in [1.165, 1.54) is 24.3 Å². The third-order valence-electron chi connectivity index (χ3n) is 14.2. The zero-order chi connectivity index (χ0) is 71.4. The number of hydrogen-bond donors (Lipinski definition) is 22. The van der Waals surface area contributed by atoms with Crippen molar-refractivity contribution >= 4 is 108 Å². The Morgan fingerprint density at radius 3 is 1.52 bits per heavy atom. The molecule has 0 saturated carbocycles.